The Labute approximate surface area is 637 Å². The zero-order valence-corrected chi connectivity index (χ0v) is 67.6. The summed E-state index contributed by atoms with van der Waals surface area (Å²) in [7, 11) is 0. The molecule has 0 amide bonds. The van der Waals surface area contributed by atoms with Gasteiger partial charge in [0.25, 0.3) is 0 Å². The van der Waals surface area contributed by atoms with Gasteiger partial charge >= 0.3 is 0 Å². The standard InChI is InChI=1S/C27H35NO3.C21H23NO3.C16H25NO2.C14H21NO2.C11H19NO3/c1-15(2)23(14-29)28-13-22(26(30)24-18(5)9-16(3)10-19(24)6)27(31)25-20(7)11-17(4)12-21(25)8;1-15(2)19(14-23)22-13-18(20(24)16-9-5-3-6-10-16)21(25)17-11-7-4-8-12-17;1-11(2)14(10-18)17-9-12-7-6-8-13(15(12)19)16(3,4)5;1-10(9-16)15-8-11-6-5-7-12(13(11)17)14(2,3)4;1-7(2)11(6-13)12-5-10(8(3)14)9(4)15/h9-13,15,23,29-30H,14H2,1-8H3;3-13,15,19,23-24H,14H2,1-2H3;6-9,11,14,18-19H,10H2,1-5H3;5-8,10,16-17H,9H2,1-4H3;5,7,11,13-14H,6H2,1-4H3/b26-22+,28-13?;20-18+,22-13?;;;10-8+,12-5?/t23-;19-;14-;10-;11-/m11101/s1. The van der Waals surface area contributed by atoms with Crippen molar-refractivity contribution in [2.45, 2.75) is 200 Å². The van der Waals surface area contributed by atoms with Crippen molar-refractivity contribution in [2.75, 3.05) is 33.0 Å². The molecule has 18 heteroatoms. The number of Topliss-reactive ketones (excluding diaryl/α,β-unsaturated/α-hetero) is 3. The molecular formula is C89H123N5O13. The summed E-state index contributed by atoms with van der Waals surface area (Å²) in [4.78, 5) is 59.0. The Bertz CT molecular complexity index is 4040. The summed E-state index contributed by atoms with van der Waals surface area (Å²) in [6.45, 7) is 44.1. The highest BCUT2D eigenvalue weighted by Crippen LogP contribution is 2.35. The van der Waals surface area contributed by atoms with E-state index in [0.29, 0.717) is 33.4 Å². The number of carbonyl (C=O) groups excluding carboxylic acids is 3. The lowest BCUT2D eigenvalue weighted by molar-refractivity contribution is -0.113. The largest absolute Gasteiger partial charge is 0.512 e. The molecule has 6 aromatic rings. The van der Waals surface area contributed by atoms with Gasteiger partial charge in [-0.3, -0.25) is 39.3 Å². The monoisotopic (exact) mass is 1470 g/mol. The third kappa shape index (κ3) is 30.1. The molecule has 107 heavy (non-hydrogen) atoms. The SMILES string of the molecule is CC(=O)/C(C=N[C@H](CO)C(C)C)=C(\C)O.CC(C)[C@@H](CO)N=C/C(C(=O)c1ccccc1)=C(\O)c1ccccc1.CC(C)[C@@H](CO)N=Cc1cccc(C(C)(C)C)c1O.C[C@@H](CO)N=Cc1cccc(C(C)(C)C)c1O.Cc1cc(C)c(C(=O)/C(C=N[C@H](CO)C(C)C)=C(/O)c2c(C)cc(C)cc2C)c(C)c1. The average molecular weight is 1470 g/mol. The highest BCUT2D eigenvalue weighted by atomic mass is 16.3. The molecule has 0 spiro atoms. The van der Waals surface area contributed by atoms with E-state index in [2.05, 4.69) is 66.5 Å². The normalized spacial score (nSPS) is 14.1. The van der Waals surface area contributed by atoms with Gasteiger partial charge in [0.05, 0.1) is 80.0 Å². The molecule has 18 nitrogen and oxygen atoms in total. The van der Waals surface area contributed by atoms with Gasteiger partial charge in [0, 0.05) is 64.5 Å². The van der Waals surface area contributed by atoms with Crippen LogP contribution in [0.25, 0.3) is 11.5 Å². The Morgan fingerprint density at radius 3 is 1.05 bits per heavy atom. The maximum Gasteiger partial charge on any atom is 0.198 e. The van der Waals surface area contributed by atoms with Crippen LogP contribution in [0.15, 0.2) is 169 Å². The van der Waals surface area contributed by atoms with Crippen LogP contribution in [0.4, 0.5) is 0 Å². The number of phenols is 2. The van der Waals surface area contributed by atoms with Crippen molar-refractivity contribution in [3.8, 4) is 11.5 Å². The molecule has 0 fully saturated rings. The Morgan fingerprint density at radius 2 is 0.720 bits per heavy atom. The van der Waals surface area contributed by atoms with Crippen molar-refractivity contribution < 1.29 is 65.4 Å². The third-order valence-corrected chi connectivity index (χ3v) is 17.6. The third-order valence-electron chi connectivity index (χ3n) is 17.6. The van der Waals surface area contributed by atoms with E-state index < -0.39 is 0 Å². The molecule has 0 aliphatic carbocycles. The summed E-state index contributed by atoms with van der Waals surface area (Å²) in [6, 6.07) is 35.7. The second-order valence-electron chi connectivity index (χ2n) is 30.4. The average Bonchev–Trinajstić information content (AvgIpc) is 0.793. The lowest BCUT2D eigenvalue weighted by Crippen LogP contribution is -2.19. The number of phenolic OH excluding ortho intramolecular Hbond substituents is 2. The maximum absolute atomic E-state index is 13.7. The molecule has 6 aromatic carbocycles. The lowest BCUT2D eigenvalue weighted by Gasteiger charge is -2.21. The van der Waals surface area contributed by atoms with Gasteiger partial charge in [-0.15, -0.1) is 0 Å². The second-order valence-corrected chi connectivity index (χ2v) is 30.4. The predicted molar refractivity (Wildman–Crippen MR) is 442 cm³/mol. The fourth-order valence-corrected chi connectivity index (χ4v) is 11.0. The minimum absolute atomic E-state index is 0.0101. The number of carbonyl (C=O) groups is 3. The quantitative estimate of drug-likeness (QED) is 0.0105. The van der Waals surface area contributed by atoms with Gasteiger partial charge in [0.15, 0.2) is 17.3 Å². The number of benzene rings is 6. The maximum atomic E-state index is 13.7. The van der Waals surface area contributed by atoms with Gasteiger partial charge in [-0.05, 0) is 142 Å². The summed E-state index contributed by atoms with van der Waals surface area (Å²) in [5.74, 6) is 0.162. The Morgan fingerprint density at radius 1 is 0.393 bits per heavy atom. The van der Waals surface area contributed by atoms with E-state index in [4.69, 9.17) is 10.2 Å². The van der Waals surface area contributed by atoms with Crippen molar-refractivity contribution in [1.82, 2.24) is 0 Å². The van der Waals surface area contributed by atoms with Crippen LogP contribution in [-0.4, -0.2) is 163 Å². The summed E-state index contributed by atoms with van der Waals surface area (Å²) < 4.78 is 0. The molecular weight excluding hydrogens is 1350 g/mol. The van der Waals surface area contributed by atoms with Crippen molar-refractivity contribution in [3.05, 3.63) is 222 Å². The lowest BCUT2D eigenvalue weighted by atomic mass is 9.85. The van der Waals surface area contributed by atoms with Crippen LogP contribution in [0.3, 0.4) is 0 Å². The first-order valence-corrected chi connectivity index (χ1v) is 36.5. The first-order chi connectivity index (χ1) is 50.0. The van der Waals surface area contributed by atoms with E-state index in [0.717, 1.165) is 44.5 Å². The number of aromatic hydroxyl groups is 2. The predicted octanol–water partition coefficient (Wildman–Crippen LogP) is 16.8. The number of aliphatic imine (C=N–C) groups is 5. The van der Waals surface area contributed by atoms with Gasteiger partial charge in [-0.1, -0.05) is 217 Å². The molecule has 0 bridgehead atoms. The summed E-state index contributed by atoms with van der Waals surface area (Å²) in [5.41, 5.74) is 11.4. The molecule has 0 unspecified atom stereocenters. The number of aliphatic hydroxyl groups excluding tert-OH is 8. The summed E-state index contributed by atoms with van der Waals surface area (Å²) in [6.07, 6.45) is 7.42. The van der Waals surface area contributed by atoms with Crippen LogP contribution >= 0.6 is 0 Å². The molecule has 0 heterocycles. The van der Waals surface area contributed by atoms with Crippen LogP contribution in [0.2, 0.25) is 0 Å². The highest BCUT2D eigenvalue weighted by Gasteiger charge is 2.26. The Kier molecular flexibility index (Phi) is 39.8. The fraction of sp³-hybridized carbons (Fsp3) is 0.438. The minimum atomic E-state index is -0.351. The van der Waals surface area contributed by atoms with E-state index in [9.17, 15) is 55.2 Å². The Balaban J connectivity index is 0.000000466. The minimum Gasteiger partial charge on any atom is -0.512 e. The van der Waals surface area contributed by atoms with Crippen molar-refractivity contribution >= 4 is 59.9 Å². The van der Waals surface area contributed by atoms with Crippen LogP contribution in [0.5, 0.6) is 11.5 Å². The number of nitrogens with zero attached hydrogens (tertiary/aromatic N) is 5. The Hall–Kier alpha value is -9.30. The van der Waals surface area contributed by atoms with Crippen molar-refractivity contribution in [3.63, 3.8) is 0 Å². The van der Waals surface area contributed by atoms with Gasteiger partial charge in [0.1, 0.15) is 28.8 Å². The number of ketones is 3. The van der Waals surface area contributed by atoms with E-state index >= 15 is 0 Å². The molecule has 0 saturated heterocycles. The molecule has 0 saturated carbocycles. The van der Waals surface area contributed by atoms with Gasteiger partial charge in [-0.25, -0.2) is 0 Å². The molecule has 0 aromatic heterocycles. The van der Waals surface area contributed by atoms with Crippen LogP contribution in [-0.2, 0) is 15.6 Å². The van der Waals surface area contributed by atoms with E-state index in [1.165, 1.54) is 32.5 Å². The van der Waals surface area contributed by atoms with E-state index in [1.54, 1.807) is 61.0 Å². The molecule has 582 valence electrons. The fourth-order valence-electron chi connectivity index (χ4n) is 11.0. The van der Waals surface area contributed by atoms with Crippen LogP contribution in [0.1, 0.15) is 205 Å². The van der Waals surface area contributed by atoms with Crippen molar-refractivity contribution in [1.29, 1.82) is 0 Å². The number of hydrogen-bond donors (Lipinski definition) is 10. The van der Waals surface area contributed by atoms with Crippen molar-refractivity contribution in [2.24, 2.45) is 48.6 Å². The van der Waals surface area contributed by atoms with Crippen LogP contribution in [0, 0.1) is 65.2 Å². The van der Waals surface area contributed by atoms with Crippen LogP contribution < -0.4 is 0 Å². The smallest absolute Gasteiger partial charge is 0.198 e. The topological polar surface area (TPSA) is 315 Å². The first-order valence-electron chi connectivity index (χ1n) is 36.5. The number of para-hydroxylation sites is 2. The number of aliphatic hydroxyl groups is 8. The van der Waals surface area contributed by atoms with Gasteiger partial charge in [-0.2, -0.15) is 0 Å². The number of hydrogen-bond acceptors (Lipinski definition) is 18. The summed E-state index contributed by atoms with van der Waals surface area (Å²) >= 11 is 0. The summed E-state index contributed by atoms with van der Waals surface area (Å²) in [5, 5.41) is 97.9. The molecule has 0 aliphatic rings. The molecule has 6 rings (SSSR count). The number of rotatable bonds is 26. The zero-order valence-electron chi connectivity index (χ0n) is 67.6. The van der Waals surface area contributed by atoms with E-state index in [-0.39, 0.29) is 161 Å². The molecule has 0 aliphatic heterocycles. The van der Waals surface area contributed by atoms with E-state index in [1.807, 2.05) is 177 Å². The molecule has 5 atom stereocenters. The number of allylic oxidation sites excluding steroid dienone is 4. The second kappa shape index (κ2) is 45.4. The highest BCUT2D eigenvalue weighted by molar-refractivity contribution is 6.26. The van der Waals surface area contributed by atoms with Gasteiger partial charge < -0.3 is 51.1 Å². The van der Waals surface area contributed by atoms with Gasteiger partial charge in [0.2, 0.25) is 0 Å². The number of aryl methyl sites for hydroxylation is 6. The zero-order chi connectivity index (χ0) is 81.4. The molecule has 0 radical (unpaired) electrons. The first kappa shape index (κ1) is 93.8. The molecule has 10 N–H and O–H groups in total.